The van der Waals surface area contributed by atoms with Crippen molar-refractivity contribution in [3.05, 3.63) is 17.9 Å². The van der Waals surface area contributed by atoms with Gasteiger partial charge >= 0.3 is 5.97 Å². The molecule has 0 aliphatic carbocycles. The van der Waals surface area contributed by atoms with Crippen molar-refractivity contribution in [3.8, 4) is 0 Å². The Bertz CT molecular complexity index is 623. The van der Waals surface area contributed by atoms with Crippen LogP contribution in [0, 0.1) is 0 Å². The molecule has 9 heteroatoms. The lowest BCUT2D eigenvalue weighted by atomic mass is 10.1. The van der Waals surface area contributed by atoms with Crippen molar-refractivity contribution < 1.29 is 27.2 Å². The molecular formula is C14H22N2O6S. The van der Waals surface area contributed by atoms with Gasteiger partial charge in [0.2, 0.25) is 5.09 Å². The molecule has 0 aromatic carbocycles. The molecule has 8 nitrogen and oxygen atoms in total. The molecule has 0 aliphatic rings. The first-order chi connectivity index (χ1) is 10.9. The van der Waals surface area contributed by atoms with E-state index in [1.54, 1.807) is 0 Å². The summed E-state index contributed by atoms with van der Waals surface area (Å²) in [5, 5.41) is 2.35. The number of sulfonamides is 1. The highest BCUT2D eigenvalue weighted by Crippen LogP contribution is 2.13. The molecule has 1 aromatic rings. The highest BCUT2D eigenvalue weighted by Gasteiger charge is 2.19. The molecule has 1 aromatic heterocycles. The maximum Gasteiger partial charge on any atom is 0.305 e. The predicted octanol–water partition coefficient (Wildman–Crippen LogP) is 1.04. The first kappa shape index (κ1) is 19.2. The van der Waals surface area contributed by atoms with Gasteiger partial charge in [0.1, 0.15) is 0 Å². The van der Waals surface area contributed by atoms with Gasteiger partial charge in [-0.2, -0.15) is 0 Å². The Kier molecular flexibility index (Phi) is 7.76. The maximum absolute atomic E-state index is 11.8. The topological polar surface area (TPSA) is 115 Å². The van der Waals surface area contributed by atoms with E-state index in [0.29, 0.717) is 13.0 Å². The van der Waals surface area contributed by atoms with Gasteiger partial charge in [0, 0.05) is 13.0 Å². The van der Waals surface area contributed by atoms with Crippen LogP contribution in [0.15, 0.2) is 21.6 Å². The second-order valence-electron chi connectivity index (χ2n) is 4.82. The third-order valence-electron chi connectivity index (χ3n) is 3.16. The van der Waals surface area contributed by atoms with Gasteiger partial charge in [-0.05, 0) is 32.0 Å². The van der Waals surface area contributed by atoms with Crippen LogP contribution in [0.4, 0.5) is 0 Å². The molecule has 0 saturated carbocycles. The van der Waals surface area contributed by atoms with Crippen molar-refractivity contribution in [2.75, 3.05) is 20.7 Å². The Morgan fingerprint density at radius 3 is 2.52 bits per heavy atom. The number of methoxy groups -OCH3 is 1. The second kappa shape index (κ2) is 9.31. The summed E-state index contributed by atoms with van der Waals surface area (Å²) >= 11 is 0. The minimum Gasteiger partial charge on any atom is -0.469 e. The second-order valence-corrected chi connectivity index (χ2v) is 6.64. The molecule has 1 amide bonds. The quantitative estimate of drug-likeness (QED) is 0.483. The molecule has 0 saturated heterocycles. The van der Waals surface area contributed by atoms with Gasteiger partial charge in [-0.3, -0.25) is 9.59 Å². The zero-order valence-corrected chi connectivity index (χ0v) is 14.1. The number of rotatable bonds is 10. The molecule has 130 valence electrons. The average molecular weight is 346 g/mol. The Morgan fingerprint density at radius 1 is 1.17 bits per heavy atom. The van der Waals surface area contributed by atoms with Crippen molar-refractivity contribution >= 4 is 21.9 Å². The van der Waals surface area contributed by atoms with E-state index in [9.17, 15) is 18.0 Å². The summed E-state index contributed by atoms with van der Waals surface area (Å²) in [6, 6.07) is 2.55. The summed E-state index contributed by atoms with van der Waals surface area (Å²) in [4.78, 5) is 22.7. The van der Waals surface area contributed by atoms with Crippen molar-refractivity contribution in [1.29, 1.82) is 0 Å². The van der Waals surface area contributed by atoms with Gasteiger partial charge < -0.3 is 14.5 Å². The fourth-order valence-electron chi connectivity index (χ4n) is 1.83. The Hall–Kier alpha value is -1.87. The van der Waals surface area contributed by atoms with Gasteiger partial charge in [0.15, 0.2) is 5.76 Å². The first-order valence-corrected chi connectivity index (χ1v) is 8.77. The van der Waals surface area contributed by atoms with Crippen LogP contribution < -0.4 is 10.0 Å². The zero-order valence-electron chi connectivity index (χ0n) is 13.3. The summed E-state index contributed by atoms with van der Waals surface area (Å²) in [5.41, 5.74) is 0. The van der Waals surface area contributed by atoms with Crippen LogP contribution in [-0.2, 0) is 19.6 Å². The number of carbonyl (C=O) groups is 2. The number of nitrogens with one attached hydrogen (secondary N) is 2. The van der Waals surface area contributed by atoms with Gasteiger partial charge in [-0.25, -0.2) is 13.1 Å². The van der Waals surface area contributed by atoms with E-state index < -0.39 is 15.9 Å². The van der Waals surface area contributed by atoms with Crippen LogP contribution in [0.1, 0.15) is 42.7 Å². The van der Waals surface area contributed by atoms with Crippen LogP contribution in [0.2, 0.25) is 0 Å². The summed E-state index contributed by atoms with van der Waals surface area (Å²) in [5.74, 6) is -0.731. The molecule has 1 rings (SSSR count). The average Bonchev–Trinajstić information content (AvgIpc) is 3.04. The van der Waals surface area contributed by atoms with E-state index in [1.165, 1.54) is 26.3 Å². The Balaban J connectivity index is 2.26. The lowest BCUT2D eigenvalue weighted by Gasteiger charge is -2.03. The van der Waals surface area contributed by atoms with E-state index in [-0.39, 0.29) is 16.8 Å². The van der Waals surface area contributed by atoms with Crippen LogP contribution in [0.5, 0.6) is 0 Å². The highest BCUT2D eigenvalue weighted by atomic mass is 32.2. The van der Waals surface area contributed by atoms with Crippen LogP contribution in [-0.4, -0.2) is 41.0 Å². The van der Waals surface area contributed by atoms with Gasteiger partial charge in [-0.1, -0.05) is 12.8 Å². The minimum atomic E-state index is -3.69. The number of carbonyl (C=O) groups excluding carboxylic acids is 2. The number of ether oxygens (including phenoxy) is 1. The highest BCUT2D eigenvalue weighted by molar-refractivity contribution is 7.89. The van der Waals surface area contributed by atoms with Crippen LogP contribution >= 0.6 is 0 Å². The Morgan fingerprint density at radius 2 is 1.87 bits per heavy atom. The van der Waals surface area contributed by atoms with Crippen LogP contribution in [0.3, 0.4) is 0 Å². The summed E-state index contributed by atoms with van der Waals surface area (Å²) < 4.78 is 34.7. The number of unbranched alkanes of at least 4 members (excludes halogenated alkanes) is 3. The molecule has 23 heavy (non-hydrogen) atoms. The molecule has 2 N–H and O–H groups in total. The van der Waals surface area contributed by atoms with E-state index in [4.69, 9.17) is 4.42 Å². The van der Waals surface area contributed by atoms with Crippen molar-refractivity contribution in [3.63, 3.8) is 0 Å². The lowest BCUT2D eigenvalue weighted by molar-refractivity contribution is -0.140. The zero-order chi connectivity index (χ0) is 17.3. The SMILES string of the molecule is CNS(=O)(=O)c1ccc(C(=O)NCCCCCCC(=O)OC)o1. The van der Waals surface area contributed by atoms with E-state index in [0.717, 1.165) is 25.7 Å². The van der Waals surface area contributed by atoms with Crippen LogP contribution in [0.25, 0.3) is 0 Å². The summed E-state index contributed by atoms with van der Waals surface area (Å²) in [6.07, 6.45) is 3.66. The largest absolute Gasteiger partial charge is 0.469 e. The first-order valence-electron chi connectivity index (χ1n) is 7.29. The predicted molar refractivity (Wildman–Crippen MR) is 82.4 cm³/mol. The number of hydrogen-bond acceptors (Lipinski definition) is 6. The molecule has 0 radical (unpaired) electrons. The normalized spacial score (nSPS) is 11.2. The molecule has 1 heterocycles. The fourth-order valence-corrected chi connectivity index (χ4v) is 2.47. The number of hydrogen-bond donors (Lipinski definition) is 2. The monoisotopic (exact) mass is 346 g/mol. The van der Waals surface area contributed by atoms with Crippen molar-refractivity contribution in [1.82, 2.24) is 10.0 Å². The third-order valence-corrected chi connectivity index (χ3v) is 4.45. The van der Waals surface area contributed by atoms with Gasteiger partial charge in [-0.15, -0.1) is 0 Å². The van der Waals surface area contributed by atoms with E-state index >= 15 is 0 Å². The standard InChI is InChI=1S/C14H22N2O6S/c1-15-23(19,20)13-9-8-11(22-13)14(18)16-10-6-4-3-5-7-12(17)21-2/h8-9,15H,3-7,10H2,1-2H3,(H,16,18). The molecule has 0 atom stereocenters. The minimum absolute atomic E-state index is 0.0514. The molecular weight excluding hydrogens is 324 g/mol. The third kappa shape index (κ3) is 6.41. The smallest absolute Gasteiger partial charge is 0.305 e. The van der Waals surface area contributed by atoms with E-state index in [1.807, 2.05) is 0 Å². The lowest BCUT2D eigenvalue weighted by Crippen LogP contribution is -2.24. The summed E-state index contributed by atoms with van der Waals surface area (Å²) in [6.45, 7) is 0.450. The fraction of sp³-hybridized carbons (Fsp3) is 0.571. The molecule has 0 fully saturated rings. The molecule has 0 unspecified atom stereocenters. The molecule has 0 aliphatic heterocycles. The van der Waals surface area contributed by atoms with E-state index in [2.05, 4.69) is 14.8 Å². The Labute approximate surface area is 135 Å². The van der Waals surface area contributed by atoms with Gasteiger partial charge in [0.05, 0.1) is 7.11 Å². The van der Waals surface area contributed by atoms with Gasteiger partial charge in [0.25, 0.3) is 15.9 Å². The van der Waals surface area contributed by atoms with Crippen molar-refractivity contribution in [2.45, 2.75) is 37.2 Å². The number of esters is 1. The summed E-state index contributed by atoms with van der Waals surface area (Å²) in [7, 11) is -1.07. The number of furan rings is 1. The van der Waals surface area contributed by atoms with Crippen molar-refractivity contribution in [2.24, 2.45) is 0 Å². The number of amides is 1. The molecule has 0 bridgehead atoms. The molecule has 0 spiro atoms. The maximum atomic E-state index is 11.8.